The standard InChI is InChI=1S/C16H36N.C7H5ClO4S/c1-5-9-13-17(14-10-6-2,15-11-7-3)16-12-8-4;8-7-2-1-6(13(10,11)12)3-5(7)4-9/h5-16H2,1-4H3;1-4H,(H,10,11,12)/q+1;. The van der Waals surface area contributed by atoms with Gasteiger partial charge in [-0.3, -0.25) is 9.35 Å². The van der Waals surface area contributed by atoms with Gasteiger partial charge in [0.1, 0.15) is 0 Å². The molecule has 5 nitrogen and oxygen atoms in total. The smallest absolute Gasteiger partial charge is 0.294 e. The van der Waals surface area contributed by atoms with Crippen molar-refractivity contribution in [2.24, 2.45) is 0 Å². The first-order valence-electron chi connectivity index (χ1n) is 11.3. The Hall–Kier alpha value is -0.950. The molecule has 174 valence electrons. The molecule has 0 aliphatic rings. The van der Waals surface area contributed by atoms with Crippen LogP contribution in [0.1, 0.15) is 89.4 Å². The van der Waals surface area contributed by atoms with Crippen LogP contribution in [0.15, 0.2) is 23.1 Å². The third-order valence-electron chi connectivity index (χ3n) is 5.34. The minimum Gasteiger partial charge on any atom is -0.324 e. The summed E-state index contributed by atoms with van der Waals surface area (Å²) < 4.78 is 31.3. The number of hydrogen-bond acceptors (Lipinski definition) is 3. The first-order chi connectivity index (χ1) is 14.2. The predicted molar refractivity (Wildman–Crippen MR) is 126 cm³/mol. The highest BCUT2D eigenvalue weighted by Gasteiger charge is 2.24. The van der Waals surface area contributed by atoms with Gasteiger partial charge in [-0.15, -0.1) is 0 Å². The van der Waals surface area contributed by atoms with Crippen LogP contribution in [0.4, 0.5) is 0 Å². The lowest BCUT2D eigenvalue weighted by Gasteiger charge is -2.39. The Morgan fingerprint density at radius 1 is 0.867 bits per heavy atom. The van der Waals surface area contributed by atoms with Gasteiger partial charge in [0, 0.05) is 5.56 Å². The average molecular weight is 463 g/mol. The van der Waals surface area contributed by atoms with Crippen LogP contribution in [0.3, 0.4) is 0 Å². The van der Waals surface area contributed by atoms with Crippen molar-refractivity contribution in [1.29, 1.82) is 0 Å². The van der Waals surface area contributed by atoms with E-state index in [1.807, 2.05) is 0 Å². The van der Waals surface area contributed by atoms with Crippen molar-refractivity contribution in [3.8, 4) is 0 Å². The van der Waals surface area contributed by atoms with E-state index in [-0.39, 0.29) is 15.5 Å². The number of benzene rings is 1. The van der Waals surface area contributed by atoms with E-state index in [1.54, 1.807) is 0 Å². The minimum absolute atomic E-state index is 0.0248. The second-order valence-corrected chi connectivity index (χ2v) is 9.76. The monoisotopic (exact) mass is 462 g/mol. The van der Waals surface area contributed by atoms with Crippen molar-refractivity contribution in [1.82, 2.24) is 0 Å². The molecule has 1 N–H and O–H groups in total. The summed E-state index contributed by atoms with van der Waals surface area (Å²) in [4.78, 5) is 10.00. The van der Waals surface area contributed by atoms with Crippen molar-refractivity contribution in [3.63, 3.8) is 0 Å². The normalized spacial score (nSPS) is 11.7. The van der Waals surface area contributed by atoms with E-state index >= 15 is 0 Å². The molecule has 0 radical (unpaired) electrons. The first kappa shape index (κ1) is 29.1. The summed E-state index contributed by atoms with van der Waals surface area (Å²) in [5, 5.41) is 0.141. The fourth-order valence-corrected chi connectivity index (χ4v) is 4.10. The number of nitrogens with zero attached hydrogens (tertiary/aromatic N) is 1. The molecule has 0 aliphatic heterocycles. The third kappa shape index (κ3) is 11.4. The molecule has 0 aromatic heterocycles. The molecule has 0 saturated heterocycles. The van der Waals surface area contributed by atoms with Crippen molar-refractivity contribution >= 4 is 28.0 Å². The van der Waals surface area contributed by atoms with Crippen molar-refractivity contribution in [2.75, 3.05) is 26.2 Å². The topological polar surface area (TPSA) is 71.4 Å². The number of carbonyl (C=O) groups excluding carboxylic acids is 1. The highest BCUT2D eigenvalue weighted by Crippen LogP contribution is 2.18. The van der Waals surface area contributed by atoms with Gasteiger partial charge >= 0.3 is 0 Å². The fourth-order valence-electron chi connectivity index (χ4n) is 3.42. The quantitative estimate of drug-likeness (QED) is 0.197. The van der Waals surface area contributed by atoms with E-state index in [1.165, 1.54) is 88.1 Å². The van der Waals surface area contributed by atoms with Gasteiger partial charge < -0.3 is 4.48 Å². The van der Waals surface area contributed by atoms with E-state index in [4.69, 9.17) is 16.2 Å². The van der Waals surface area contributed by atoms with E-state index in [0.29, 0.717) is 6.29 Å². The highest BCUT2D eigenvalue weighted by atomic mass is 35.5. The zero-order valence-electron chi connectivity index (χ0n) is 19.2. The molecular weight excluding hydrogens is 422 g/mol. The van der Waals surface area contributed by atoms with Gasteiger partial charge in [0.2, 0.25) is 0 Å². The molecule has 0 bridgehead atoms. The van der Waals surface area contributed by atoms with Crippen LogP contribution in [-0.4, -0.2) is 49.9 Å². The molecule has 7 heteroatoms. The number of carbonyl (C=O) groups is 1. The number of unbranched alkanes of at least 4 members (excludes halogenated alkanes) is 4. The second-order valence-electron chi connectivity index (χ2n) is 7.93. The molecule has 0 heterocycles. The lowest BCUT2D eigenvalue weighted by molar-refractivity contribution is -0.929. The van der Waals surface area contributed by atoms with Crippen LogP contribution in [0.25, 0.3) is 0 Å². The molecule has 0 atom stereocenters. The van der Waals surface area contributed by atoms with E-state index in [2.05, 4.69) is 27.7 Å². The molecule has 1 rings (SSSR count). The number of quaternary nitrogens is 1. The summed E-state index contributed by atoms with van der Waals surface area (Å²) in [6, 6.07) is 3.35. The molecule has 30 heavy (non-hydrogen) atoms. The van der Waals surface area contributed by atoms with Crippen molar-refractivity contribution in [3.05, 3.63) is 28.8 Å². The molecule has 0 aliphatic carbocycles. The summed E-state index contributed by atoms with van der Waals surface area (Å²) in [6.45, 7) is 15.0. The maximum absolute atomic E-state index is 10.6. The summed E-state index contributed by atoms with van der Waals surface area (Å²) >= 11 is 5.54. The number of halogens is 1. The van der Waals surface area contributed by atoms with Gasteiger partial charge in [-0.05, 0) is 43.9 Å². The predicted octanol–water partition coefficient (Wildman–Crippen LogP) is 6.40. The summed E-state index contributed by atoms with van der Waals surface area (Å²) in [5.74, 6) is 0. The van der Waals surface area contributed by atoms with Crippen LogP contribution in [0.2, 0.25) is 5.02 Å². The number of aldehydes is 1. The molecule has 1 aromatic carbocycles. The third-order valence-corrected chi connectivity index (χ3v) is 6.53. The van der Waals surface area contributed by atoms with Gasteiger partial charge in [-0.25, -0.2) is 0 Å². The van der Waals surface area contributed by atoms with E-state index < -0.39 is 10.1 Å². The average Bonchev–Trinajstić information content (AvgIpc) is 2.72. The largest absolute Gasteiger partial charge is 0.324 e. The van der Waals surface area contributed by atoms with Crippen molar-refractivity contribution in [2.45, 2.75) is 84.0 Å². The zero-order valence-corrected chi connectivity index (χ0v) is 20.8. The van der Waals surface area contributed by atoms with Gasteiger partial charge in [0.15, 0.2) is 6.29 Å². The van der Waals surface area contributed by atoms with E-state index in [9.17, 15) is 13.2 Å². The number of hydrogen-bond donors (Lipinski definition) is 1. The SMILES string of the molecule is CCCC[N+](CCCC)(CCCC)CCCC.O=Cc1cc(S(=O)(=O)O)ccc1Cl. The molecular formula is C23H41ClNO4S+. The fraction of sp³-hybridized carbons (Fsp3) is 0.696. The zero-order chi connectivity index (χ0) is 23.0. The Kier molecular flexibility index (Phi) is 15.3. The second kappa shape index (κ2) is 15.8. The highest BCUT2D eigenvalue weighted by molar-refractivity contribution is 7.85. The van der Waals surface area contributed by atoms with Crippen LogP contribution in [-0.2, 0) is 10.1 Å². The lowest BCUT2D eigenvalue weighted by atomic mass is 10.1. The Balaban J connectivity index is 0.000000579. The molecule has 1 aromatic rings. The maximum atomic E-state index is 10.6. The molecule has 0 spiro atoms. The van der Waals surface area contributed by atoms with Gasteiger partial charge in [-0.2, -0.15) is 8.42 Å². The molecule has 0 fully saturated rings. The van der Waals surface area contributed by atoms with Crippen LogP contribution in [0.5, 0.6) is 0 Å². The first-order valence-corrected chi connectivity index (χ1v) is 13.1. The Bertz CT molecular complexity index is 670. The summed E-state index contributed by atoms with van der Waals surface area (Å²) in [7, 11) is -4.27. The Morgan fingerprint density at radius 3 is 1.57 bits per heavy atom. The Morgan fingerprint density at radius 2 is 1.27 bits per heavy atom. The van der Waals surface area contributed by atoms with Gasteiger partial charge in [-0.1, -0.05) is 65.0 Å². The van der Waals surface area contributed by atoms with Gasteiger partial charge in [0.05, 0.1) is 36.1 Å². The summed E-state index contributed by atoms with van der Waals surface area (Å²) in [6.07, 6.45) is 11.5. The molecule has 0 saturated carbocycles. The summed E-state index contributed by atoms with van der Waals surface area (Å²) in [5.41, 5.74) is 0.0248. The lowest BCUT2D eigenvalue weighted by Crippen LogP contribution is -2.50. The van der Waals surface area contributed by atoms with Crippen molar-refractivity contribution < 1.29 is 22.2 Å². The molecule has 0 amide bonds. The van der Waals surface area contributed by atoms with Crippen LogP contribution < -0.4 is 0 Å². The number of rotatable bonds is 14. The van der Waals surface area contributed by atoms with Gasteiger partial charge in [0.25, 0.3) is 10.1 Å². The molecule has 0 unspecified atom stereocenters. The minimum atomic E-state index is -4.27. The van der Waals surface area contributed by atoms with E-state index in [0.717, 1.165) is 12.1 Å². The maximum Gasteiger partial charge on any atom is 0.294 e. The van der Waals surface area contributed by atoms with Crippen LogP contribution >= 0.6 is 11.6 Å². The van der Waals surface area contributed by atoms with Crippen LogP contribution in [0, 0.1) is 0 Å². The Labute approximate surface area is 189 Å².